The molecule has 3 rings (SSSR count). The number of carbonyl (C=O) groups excluding carboxylic acids is 1. The van der Waals surface area contributed by atoms with Crippen LogP contribution in [0, 0.1) is 24.5 Å². The van der Waals surface area contributed by atoms with E-state index in [1.165, 1.54) is 0 Å². The minimum absolute atomic E-state index is 0. The zero-order valence-corrected chi connectivity index (χ0v) is 15.9. The summed E-state index contributed by atoms with van der Waals surface area (Å²) in [7, 11) is 0. The third-order valence-electron chi connectivity index (χ3n) is 3.92. The lowest BCUT2D eigenvalue weighted by molar-refractivity contribution is -0.137. The molecular weight excluding hydrogens is 411 g/mol. The molecule has 1 amide bonds. The number of anilines is 2. The fraction of sp³-hybridized carbons (Fsp3) is 0.316. The predicted molar refractivity (Wildman–Crippen MR) is 101 cm³/mol. The quantitative estimate of drug-likeness (QED) is 0.567. The Morgan fingerprint density at radius 2 is 1.93 bits per heavy atom. The maximum absolute atomic E-state index is 14.1. The van der Waals surface area contributed by atoms with E-state index in [9.17, 15) is 26.7 Å². The number of ether oxygens (including phenoxy) is 1. The maximum atomic E-state index is 14.1. The van der Waals surface area contributed by atoms with Gasteiger partial charge in [-0.05, 0) is 26.0 Å². The van der Waals surface area contributed by atoms with E-state index in [0.29, 0.717) is 6.07 Å². The molecule has 0 unspecified atom stereocenters. The normalized spacial score (nSPS) is 15.2. The van der Waals surface area contributed by atoms with Gasteiger partial charge in [-0.3, -0.25) is 4.90 Å². The van der Waals surface area contributed by atoms with E-state index >= 15 is 0 Å². The van der Waals surface area contributed by atoms with Crippen molar-refractivity contribution in [3.8, 4) is 12.8 Å². The second kappa shape index (κ2) is 8.52. The maximum Gasteiger partial charge on any atom is 0.416 e. The Bertz CT molecular complexity index is 966. The van der Waals surface area contributed by atoms with Crippen molar-refractivity contribution in [2.45, 2.75) is 32.2 Å². The number of nitrogens with zero attached hydrogens (tertiary/aromatic N) is 3. The Balaban J connectivity index is 0.00000156. The summed E-state index contributed by atoms with van der Waals surface area (Å²) in [4.78, 5) is 20.5. The zero-order chi connectivity index (χ0) is 22.7. The van der Waals surface area contributed by atoms with Crippen molar-refractivity contribution in [3.63, 3.8) is 0 Å². The van der Waals surface area contributed by atoms with Crippen LogP contribution < -0.4 is 10.2 Å². The van der Waals surface area contributed by atoms with Gasteiger partial charge in [0.15, 0.2) is 11.6 Å². The molecule has 0 atom stereocenters. The number of cyclic esters (lactones) is 1. The largest absolute Gasteiger partial charge is 0.441 e. The molecule has 1 N–H and O–H groups in total. The Kier molecular flexibility index (Phi) is 6.50. The smallest absolute Gasteiger partial charge is 0.416 e. The van der Waals surface area contributed by atoms with Gasteiger partial charge in [0.25, 0.3) is 0 Å². The van der Waals surface area contributed by atoms with Gasteiger partial charge < -0.3 is 10.1 Å². The van der Waals surface area contributed by atoms with Crippen molar-refractivity contribution in [2.75, 3.05) is 16.8 Å². The van der Waals surface area contributed by atoms with E-state index in [-0.39, 0.29) is 31.8 Å². The molecule has 11 heteroatoms. The monoisotopic (exact) mass is 430 g/mol. The van der Waals surface area contributed by atoms with Crippen LogP contribution in [0.15, 0.2) is 24.4 Å². The average Bonchev–Trinajstić information content (AvgIpc) is 2.95. The Morgan fingerprint density at radius 3 is 2.47 bits per heavy atom. The van der Waals surface area contributed by atoms with Gasteiger partial charge in [0.1, 0.15) is 11.4 Å². The summed E-state index contributed by atoms with van der Waals surface area (Å²) < 4.78 is 70.8. The number of nitrogens with one attached hydrogen (secondary N) is 1. The molecule has 1 saturated heterocycles. The van der Waals surface area contributed by atoms with E-state index in [2.05, 4.69) is 28.1 Å². The van der Waals surface area contributed by atoms with Gasteiger partial charge in [0.2, 0.25) is 5.95 Å². The van der Waals surface area contributed by atoms with E-state index < -0.39 is 35.1 Å². The fourth-order valence-corrected chi connectivity index (χ4v) is 2.60. The molecule has 0 bridgehead atoms. The molecule has 1 aliphatic heterocycles. The second-order valence-electron chi connectivity index (χ2n) is 6.74. The number of aromatic nitrogens is 2. The van der Waals surface area contributed by atoms with Crippen LogP contribution in [0.25, 0.3) is 0 Å². The van der Waals surface area contributed by atoms with Crippen molar-refractivity contribution in [1.82, 2.24) is 9.97 Å². The molecule has 1 aromatic heterocycles. The Labute approximate surface area is 170 Å². The number of carbonyl (C=O) groups is 1. The molecule has 0 radical (unpaired) electrons. The Hall–Kier alpha value is -3.42. The van der Waals surface area contributed by atoms with Gasteiger partial charge in [-0.15, -0.1) is 12.8 Å². The molecule has 0 aliphatic carbocycles. The number of halogens is 5. The molecule has 1 aliphatic rings. The summed E-state index contributed by atoms with van der Waals surface area (Å²) in [5.41, 5.74) is -2.00. The van der Waals surface area contributed by atoms with Crippen LogP contribution in [0.5, 0.6) is 0 Å². The van der Waals surface area contributed by atoms with Gasteiger partial charge in [0.05, 0.1) is 18.3 Å². The number of benzene rings is 1. The van der Waals surface area contributed by atoms with Crippen LogP contribution >= 0.6 is 0 Å². The number of amides is 1. The fourth-order valence-electron chi connectivity index (χ4n) is 2.60. The molecule has 6 nitrogen and oxygen atoms in total. The van der Waals surface area contributed by atoms with Crippen LogP contribution in [0.1, 0.15) is 26.4 Å². The molecule has 0 spiro atoms. The first-order valence-corrected chi connectivity index (χ1v) is 8.42. The number of hydrogen-bond donors (Lipinski definition) is 1. The lowest BCUT2D eigenvalue weighted by Gasteiger charge is -2.16. The molecule has 162 valence electrons. The lowest BCUT2D eigenvalue weighted by Crippen LogP contribution is -2.30. The summed E-state index contributed by atoms with van der Waals surface area (Å²) in [6.07, 6.45) is 3.40. The van der Waals surface area contributed by atoms with Crippen LogP contribution in [0.3, 0.4) is 0 Å². The van der Waals surface area contributed by atoms with Crippen molar-refractivity contribution in [1.29, 1.82) is 0 Å². The molecule has 0 saturated carbocycles. The van der Waals surface area contributed by atoms with Gasteiger partial charge in [0, 0.05) is 13.5 Å². The van der Waals surface area contributed by atoms with Crippen LogP contribution in [-0.2, 0) is 17.5 Å². The minimum atomic E-state index is -4.65. The highest BCUT2D eigenvalue weighted by atomic mass is 19.4. The van der Waals surface area contributed by atoms with Crippen LogP contribution in [-0.4, -0.2) is 28.2 Å². The lowest BCUT2D eigenvalue weighted by atomic mass is 10.1. The first-order chi connectivity index (χ1) is 14.0. The van der Waals surface area contributed by atoms with E-state index in [1.807, 2.05) is 0 Å². The highest BCUT2D eigenvalue weighted by Gasteiger charge is 2.40. The van der Waals surface area contributed by atoms with Crippen LogP contribution in [0.4, 0.5) is 38.5 Å². The topological polar surface area (TPSA) is 67.4 Å². The highest BCUT2D eigenvalue weighted by Crippen LogP contribution is 2.31. The number of rotatable bonds is 4. The molecule has 2 heterocycles. The predicted octanol–water partition coefficient (Wildman–Crippen LogP) is 4.62. The van der Waals surface area contributed by atoms with Gasteiger partial charge in [-0.2, -0.15) is 18.2 Å². The second-order valence-corrected chi connectivity index (χ2v) is 6.74. The molecule has 2 aromatic rings. The van der Waals surface area contributed by atoms with Gasteiger partial charge in [-0.1, -0.05) is 6.07 Å². The zero-order valence-electron chi connectivity index (χ0n) is 15.9. The number of alkyl halides is 3. The van der Waals surface area contributed by atoms with E-state index in [0.717, 1.165) is 23.2 Å². The van der Waals surface area contributed by atoms with Crippen molar-refractivity contribution in [3.05, 3.63) is 47.2 Å². The minimum Gasteiger partial charge on any atom is -0.441 e. The average molecular weight is 430 g/mol. The van der Waals surface area contributed by atoms with Crippen molar-refractivity contribution >= 4 is 17.9 Å². The number of terminal acetylenes is 1. The molecule has 1 fully saturated rings. The standard InChI is InChI=1S/C17H15F5N4O2.C2H2.H2/c1-16(2)8-26(15(27)28-16)13-12(19)7-24-14(25-13)23-6-9-3-4-10(5-11(9)18)17(20,21)22;1-2;/h3-5,7H,6,8H2,1-2H3,(H,23,24,25);1-2H;1H. The van der Waals surface area contributed by atoms with Gasteiger partial charge >= 0.3 is 12.3 Å². The summed E-state index contributed by atoms with van der Waals surface area (Å²) >= 11 is 0. The molecule has 1 aromatic carbocycles. The molecular formula is C19H19F5N4O2. The summed E-state index contributed by atoms with van der Waals surface area (Å²) in [6.45, 7) is 3.12. The summed E-state index contributed by atoms with van der Waals surface area (Å²) in [5.74, 6) is -2.37. The highest BCUT2D eigenvalue weighted by molar-refractivity contribution is 5.89. The third-order valence-corrected chi connectivity index (χ3v) is 3.92. The molecule has 30 heavy (non-hydrogen) atoms. The van der Waals surface area contributed by atoms with E-state index in [1.54, 1.807) is 13.8 Å². The Morgan fingerprint density at radius 1 is 1.27 bits per heavy atom. The van der Waals surface area contributed by atoms with Gasteiger partial charge in [-0.25, -0.2) is 18.6 Å². The first-order valence-electron chi connectivity index (χ1n) is 8.42. The number of hydrogen-bond acceptors (Lipinski definition) is 5. The third kappa shape index (κ3) is 5.14. The first kappa shape index (κ1) is 22.9. The van der Waals surface area contributed by atoms with E-state index in [4.69, 9.17) is 4.74 Å². The van der Waals surface area contributed by atoms with Crippen molar-refractivity contribution < 1.29 is 32.9 Å². The van der Waals surface area contributed by atoms with Crippen LogP contribution in [0.2, 0.25) is 0 Å². The summed E-state index contributed by atoms with van der Waals surface area (Å²) in [5, 5.41) is 2.60. The SMILES string of the molecule is C#C.CC1(C)CN(c2nc(NCc3ccc(C(F)(F)F)cc3F)ncc2F)C(=O)O1.[HH]. The summed E-state index contributed by atoms with van der Waals surface area (Å²) in [6, 6.07) is 2.12. The van der Waals surface area contributed by atoms with Crippen molar-refractivity contribution in [2.24, 2.45) is 0 Å².